The number of hydrogen-bond donors (Lipinski definition) is 0. The lowest BCUT2D eigenvalue weighted by atomic mass is 11.3. The van der Waals surface area contributed by atoms with Crippen LogP contribution in [0.25, 0.3) is 0 Å². The summed E-state index contributed by atoms with van der Waals surface area (Å²) in [6.45, 7) is 0. The van der Waals surface area contributed by atoms with Crippen molar-refractivity contribution in [1.29, 1.82) is 0 Å². The van der Waals surface area contributed by atoms with Crippen molar-refractivity contribution in [2.45, 2.75) is 7.43 Å². The fraction of sp³-hybridized carbons (Fsp3) is 0.333. The first-order valence-corrected chi connectivity index (χ1v) is 1.69. The van der Waals surface area contributed by atoms with Crippen molar-refractivity contribution in [1.82, 2.24) is 10.1 Å². The molecule has 0 radical (unpaired) electrons. The highest BCUT2D eigenvalue weighted by molar-refractivity contribution is 6.28. The van der Waals surface area contributed by atoms with Crippen molar-refractivity contribution in [3.8, 4) is 0 Å². The molecule has 0 atom stereocenters. The SMILES string of the molecule is C.Clc1ncon1. The van der Waals surface area contributed by atoms with Gasteiger partial charge in [-0.05, 0) is 16.8 Å². The second-order valence-electron chi connectivity index (χ2n) is 0.700. The Kier molecular flexibility index (Phi) is 2.37. The van der Waals surface area contributed by atoms with Gasteiger partial charge in [-0.25, -0.2) is 0 Å². The summed E-state index contributed by atoms with van der Waals surface area (Å²) in [5.41, 5.74) is 0. The normalized spacial score (nSPS) is 7.57. The molecule has 0 amide bonds. The highest BCUT2D eigenvalue weighted by Gasteiger charge is 1.83. The highest BCUT2D eigenvalue weighted by Crippen LogP contribution is 1.92. The van der Waals surface area contributed by atoms with Crippen molar-refractivity contribution >= 4 is 11.6 Å². The van der Waals surface area contributed by atoms with Crippen LogP contribution in [0.5, 0.6) is 0 Å². The molecular formula is C3H5ClN2O. The standard InChI is InChI=1S/C2HClN2O.CH4/c3-2-4-1-6-5-2;/h1H;1H4. The van der Waals surface area contributed by atoms with Crippen molar-refractivity contribution in [2.24, 2.45) is 0 Å². The summed E-state index contributed by atoms with van der Waals surface area (Å²) in [5, 5.41) is 3.34. The van der Waals surface area contributed by atoms with Crippen molar-refractivity contribution < 1.29 is 4.52 Å². The minimum atomic E-state index is 0. The first-order valence-electron chi connectivity index (χ1n) is 1.31. The third kappa shape index (κ3) is 1.55. The number of rotatable bonds is 0. The Balaban J connectivity index is 0.000000360. The van der Waals surface area contributed by atoms with E-state index in [0.717, 1.165) is 0 Å². The van der Waals surface area contributed by atoms with Gasteiger partial charge in [-0.1, -0.05) is 7.43 Å². The van der Waals surface area contributed by atoms with E-state index in [1.54, 1.807) is 0 Å². The lowest BCUT2D eigenvalue weighted by Gasteiger charge is -1.56. The number of nitrogens with zero attached hydrogens (tertiary/aromatic N) is 2. The summed E-state index contributed by atoms with van der Waals surface area (Å²) in [7, 11) is 0. The molecule has 3 nitrogen and oxygen atoms in total. The fourth-order valence-corrected chi connectivity index (χ4v) is 0.237. The molecule has 0 N–H and O–H groups in total. The van der Waals surface area contributed by atoms with Crippen LogP contribution in [-0.2, 0) is 0 Å². The van der Waals surface area contributed by atoms with Gasteiger partial charge in [0.1, 0.15) is 0 Å². The minimum Gasteiger partial charge on any atom is -0.341 e. The van der Waals surface area contributed by atoms with Gasteiger partial charge in [-0.15, -0.1) is 0 Å². The van der Waals surface area contributed by atoms with Crippen LogP contribution in [-0.4, -0.2) is 10.1 Å². The van der Waals surface area contributed by atoms with Gasteiger partial charge in [0.05, 0.1) is 0 Å². The molecule has 0 bridgehead atoms. The largest absolute Gasteiger partial charge is 0.341 e. The average Bonchev–Trinajstić information content (AvgIpc) is 1.86. The summed E-state index contributed by atoms with van der Waals surface area (Å²) in [6, 6.07) is 0. The van der Waals surface area contributed by atoms with E-state index in [1.165, 1.54) is 6.39 Å². The second-order valence-corrected chi connectivity index (χ2v) is 1.04. The maximum atomic E-state index is 5.14. The van der Waals surface area contributed by atoms with Crippen molar-refractivity contribution in [2.75, 3.05) is 0 Å². The molecule has 1 aromatic heterocycles. The Morgan fingerprint density at radius 3 is 2.57 bits per heavy atom. The summed E-state index contributed by atoms with van der Waals surface area (Å²) >= 11 is 5.14. The molecule has 1 aromatic rings. The molecule has 0 spiro atoms. The lowest BCUT2D eigenvalue weighted by molar-refractivity contribution is 0.417. The zero-order chi connectivity index (χ0) is 4.41. The first kappa shape index (κ1) is 6.43. The maximum Gasteiger partial charge on any atom is 0.263 e. The van der Waals surface area contributed by atoms with E-state index in [0.29, 0.717) is 0 Å². The van der Waals surface area contributed by atoms with Crippen LogP contribution in [0.1, 0.15) is 7.43 Å². The highest BCUT2D eigenvalue weighted by atomic mass is 35.5. The summed E-state index contributed by atoms with van der Waals surface area (Å²) in [4.78, 5) is 3.40. The smallest absolute Gasteiger partial charge is 0.263 e. The monoisotopic (exact) mass is 120 g/mol. The van der Waals surface area contributed by atoms with Crippen molar-refractivity contribution in [3.05, 3.63) is 11.7 Å². The molecular weight excluding hydrogens is 115 g/mol. The zero-order valence-corrected chi connectivity index (χ0v) is 3.51. The van der Waals surface area contributed by atoms with Crippen LogP contribution in [0, 0.1) is 0 Å². The van der Waals surface area contributed by atoms with Crippen LogP contribution in [0.3, 0.4) is 0 Å². The van der Waals surface area contributed by atoms with E-state index in [9.17, 15) is 0 Å². The second kappa shape index (κ2) is 2.58. The molecule has 40 valence electrons. The molecule has 0 fully saturated rings. The molecule has 0 unspecified atom stereocenters. The number of halogens is 1. The summed E-state index contributed by atoms with van der Waals surface area (Å²) < 4.78 is 4.22. The molecule has 0 aromatic carbocycles. The van der Waals surface area contributed by atoms with E-state index in [4.69, 9.17) is 11.6 Å². The molecule has 0 saturated heterocycles. The predicted octanol–water partition coefficient (Wildman–Crippen LogP) is 1.36. The molecule has 0 aliphatic carbocycles. The Morgan fingerprint density at radius 2 is 2.43 bits per heavy atom. The Bertz CT molecular complexity index is 116. The lowest BCUT2D eigenvalue weighted by Crippen LogP contribution is -1.56. The molecule has 0 saturated carbocycles. The van der Waals surface area contributed by atoms with Gasteiger partial charge < -0.3 is 4.52 Å². The quantitative estimate of drug-likeness (QED) is 0.519. The Labute approximate surface area is 46.3 Å². The summed E-state index contributed by atoms with van der Waals surface area (Å²) in [5.74, 6) is 0. The molecule has 1 rings (SSSR count). The Hall–Kier alpha value is -0.570. The molecule has 0 aliphatic rings. The van der Waals surface area contributed by atoms with Gasteiger partial charge in [0.2, 0.25) is 6.39 Å². The maximum absolute atomic E-state index is 5.14. The molecule has 0 aliphatic heterocycles. The fourth-order valence-electron chi connectivity index (χ4n) is 0.158. The van der Waals surface area contributed by atoms with Crippen LogP contribution >= 0.6 is 11.6 Å². The van der Waals surface area contributed by atoms with Crippen molar-refractivity contribution in [3.63, 3.8) is 0 Å². The number of aromatic nitrogens is 2. The molecule has 7 heavy (non-hydrogen) atoms. The number of hydrogen-bond acceptors (Lipinski definition) is 3. The van der Waals surface area contributed by atoms with Gasteiger partial charge in [0.15, 0.2) is 0 Å². The van der Waals surface area contributed by atoms with Gasteiger partial charge in [0.25, 0.3) is 5.28 Å². The zero-order valence-electron chi connectivity index (χ0n) is 2.76. The predicted molar refractivity (Wildman–Crippen MR) is 26.0 cm³/mol. The minimum absolute atomic E-state index is 0. The van der Waals surface area contributed by atoms with Gasteiger partial charge >= 0.3 is 0 Å². The Morgan fingerprint density at radius 1 is 1.71 bits per heavy atom. The van der Waals surface area contributed by atoms with Crippen LogP contribution in [0.15, 0.2) is 10.9 Å². The molecule has 1 heterocycles. The van der Waals surface area contributed by atoms with Crippen LogP contribution < -0.4 is 0 Å². The van der Waals surface area contributed by atoms with Gasteiger partial charge in [-0.3, -0.25) is 0 Å². The first-order chi connectivity index (χ1) is 2.89. The van der Waals surface area contributed by atoms with Crippen LogP contribution in [0.4, 0.5) is 0 Å². The third-order valence-corrected chi connectivity index (χ3v) is 0.501. The van der Waals surface area contributed by atoms with Crippen LogP contribution in [0.2, 0.25) is 5.28 Å². The van der Waals surface area contributed by atoms with E-state index >= 15 is 0 Å². The van der Waals surface area contributed by atoms with E-state index in [2.05, 4.69) is 14.7 Å². The summed E-state index contributed by atoms with van der Waals surface area (Å²) in [6.07, 6.45) is 1.17. The van der Waals surface area contributed by atoms with E-state index in [1.807, 2.05) is 0 Å². The molecule has 4 heteroatoms. The average molecular weight is 121 g/mol. The topological polar surface area (TPSA) is 38.9 Å². The van der Waals surface area contributed by atoms with Gasteiger partial charge in [0, 0.05) is 0 Å². The van der Waals surface area contributed by atoms with E-state index < -0.39 is 0 Å². The van der Waals surface area contributed by atoms with E-state index in [-0.39, 0.29) is 12.7 Å². The third-order valence-electron chi connectivity index (χ3n) is 0.334. The van der Waals surface area contributed by atoms with Gasteiger partial charge in [-0.2, -0.15) is 4.98 Å².